The molecule has 0 bridgehead atoms. The Labute approximate surface area is 169 Å². The molecule has 1 aliphatic heterocycles. The predicted molar refractivity (Wildman–Crippen MR) is 105 cm³/mol. The van der Waals surface area contributed by atoms with Gasteiger partial charge in [-0.05, 0) is 25.2 Å². The highest BCUT2D eigenvalue weighted by molar-refractivity contribution is 7.80. The maximum atomic E-state index is 13.0. The lowest BCUT2D eigenvalue weighted by Gasteiger charge is -2.30. The van der Waals surface area contributed by atoms with Gasteiger partial charge in [-0.2, -0.15) is 12.6 Å². The Morgan fingerprint density at radius 2 is 1.86 bits per heavy atom. The topological polar surface area (TPSA) is 162 Å². The second-order valence-electron chi connectivity index (χ2n) is 7.25. The maximum absolute atomic E-state index is 13.0. The van der Waals surface area contributed by atoms with Gasteiger partial charge in [0.1, 0.15) is 18.1 Å². The van der Waals surface area contributed by atoms with Crippen molar-refractivity contribution in [2.75, 3.05) is 18.9 Å². The molecule has 1 rings (SSSR count). The first-order valence-corrected chi connectivity index (χ1v) is 9.86. The quantitative estimate of drug-likeness (QED) is 0.231. The van der Waals surface area contributed by atoms with Crippen molar-refractivity contribution in [2.45, 2.75) is 57.3 Å². The summed E-state index contributed by atoms with van der Waals surface area (Å²) in [5, 5.41) is 22.9. The third-order valence-electron chi connectivity index (χ3n) is 4.49. The number of aliphatic hydroxyl groups excluding tert-OH is 1. The van der Waals surface area contributed by atoms with E-state index < -0.39 is 54.5 Å². The van der Waals surface area contributed by atoms with Crippen LogP contribution in [0.1, 0.15) is 33.1 Å². The number of carbonyl (C=O) groups excluding carboxylic acids is 3. The molecule has 6 N–H and O–H groups in total. The Bertz CT molecular complexity index is 588. The van der Waals surface area contributed by atoms with E-state index in [2.05, 4.69) is 23.3 Å². The van der Waals surface area contributed by atoms with E-state index in [0.717, 1.165) is 0 Å². The minimum atomic E-state index is -1.44. The zero-order valence-corrected chi connectivity index (χ0v) is 17.0. The molecule has 4 unspecified atom stereocenters. The Kier molecular flexibility index (Phi) is 9.70. The van der Waals surface area contributed by atoms with E-state index in [9.17, 15) is 19.2 Å². The van der Waals surface area contributed by atoms with Crippen molar-refractivity contribution in [1.29, 1.82) is 0 Å². The lowest BCUT2D eigenvalue weighted by molar-refractivity contribution is -0.145. The van der Waals surface area contributed by atoms with Crippen LogP contribution in [-0.4, -0.2) is 81.9 Å². The van der Waals surface area contributed by atoms with Gasteiger partial charge < -0.3 is 31.5 Å². The monoisotopic (exact) mass is 418 g/mol. The van der Waals surface area contributed by atoms with Crippen LogP contribution in [0.3, 0.4) is 0 Å². The van der Waals surface area contributed by atoms with Crippen molar-refractivity contribution in [3.8, 4) is 0 Å². The third kappa shape index (κ3) is 6.64. The molecule has 11 heteroatoms. The first-order valence-electron chi connectivity index (χ1n) is 9.23. The number of amides is 3. The molecule has 160 valence electrons. The van der Waals surface area contributed by atoms with Gasteiger partial charge in [0, 0.05) is 12.3 Å². The number of hydrogen-bond acceptors (Lipinski definition) is 7. The van der Waals surface area contributed by atoms with Gasteiger partial charge in [0.05, 0.1) is 12.6 Å². The number of hydrogen-bond donors (Lipinski definition) is 6. The fourth-order valence-corrected chi connectivity index (χ4v) is 3.18. The van der Waals surface area contributed by atoms with Gasteiger partial charge in [0.25, 0.3) is 0 Å². The minimum Gasteiger partial charge on any atom is -0.480 e. The molecule has 1 saturated heterocycles. The number of carboxylic acids is 1. The largest absolute Gasteiger partial charge is 0.480 e. The normalized spacial score (nSPS) is 19.8. The van der Waals surface area contributed by atoms with E-state index >= 15 is 0 Å². The van der Waals surface area contributed by atoms with Crippen LogP contribution in [0, 0.1) is 5.92 Å². The standard InChI is InChI=1S/C17H30N4O6S/c1-9(2)6-11(19-14(23)10(18)8-28)16(25)21-5-3-4-13(21)15(24)20-12(7-22)17(26)27/h9-13,22,28H,3-8,18H2,1-2H3,(H,19,23)(H,20,24)(H,26,27). The molecule has 1 heterocycles. The average molecular weight is 419 g/mol. The van der Waals surface area contributed by atoms with Crippen molar-refractivity contribution in [3.63, 3.8) is 0 Å². The Balaban J connectivity index is 2.92. The number of nitrogens with one attached hydrogen (secondary N) is 2. The van der Waals surface area contributed by atoms with Gasteiger partial charge in [-0.15, -0.1) is 0 Å². The van der Waals surface area contributed by atoms with E-state index in [0.29, 0.717) is 25.8 Å². The van der Waals surface area contributed by atoms with Crippen molar-refractivity contribution in [3.05, 3.63) is 0 Å². The number of nitrogens with two attached hydrogens (primary N) is 1. The van der Waals surface area contributed by atoms with E-state index in [4.69, 9.17) is 15.9 Å². The van der Waals surface area contributed by atoms with E-state index in [1.807, 2.05) is 13.8 Å². The van der Waals surface area contributed by atoms with Gasteiger partial charge in [-0.1, -0.05) is 13.8 Å². The number of aliphatic hydroxyl groups is 1. The number of nitrogens with zero attached hydrogens (tertiary/aromatic N) is 1. The Morgan fingerprint density at radius 1 is 1.21 bits per heavy atom. The molecule has 1 fully saturated rings. The molecule has 28 heavy (non-hydrogen) atoms. The summed E-state index contributed by atoms with van der Waals surface area (Å²) >= 11 is 3.98. The summed E-state index contributed by atoms with van der Waals surface area (Å²) in [5.41, 5.74) is 5.67. The fourth-order valence-electron chi connectivity index (χ4n) is 3.01. The SMILES string of the molecule is CC(C)CC(NC(=O)C(N)CS)C(=O)N1CCCC1C(=O)NC(CO)C(=O)O. The highest BCUT2D eigenvalue weighted by Crippen LogP contribution is 2.20. The number of aliphatic carboxylic acids is 1. The van der Waals surface area contributed by atoms with Gasteiger partial charge in [-0.25, -0.2) is 4.79 Å². The lowest BCUT2D eigenvalue weighted by atomic mass is 10.0. The summed E-state index contributed by atoms with van der Waals surface area (Å²) < 4.78 is 0. The molecule has 0 saturated carbocycles. The van der Waals surface area contributed by atoms with Gasteiger partial charge in [0.2, 0.25) is 17.7 Å². The summed E-state index contributed by atoms with van der Waals surface area (Å²) in [7, 11) is 0. The van der Waals surface area contributed by atoms with Crippen LogP contribution in [0.15, 0.2) is 0 Å². The van der Waals surface area contributed by atoms with Crippen molar-refractivity contribution in [2.24, 2.45) is 11.7 Å². The van der Waals surface area contributed by atoms with Gasteiger partial charge in [0.15, 0.2) is 0 Å². The molecule has 0 aromatic heterocycles. The fraction of sp³-hybridized carbons (Fsp3) is 0.765. The molecule has 0 aliphatic carbocycles. The van der Waals surface area contributed by atoms with Crippen LogP contribution >= 0.6 is 12.6 Å². The summed E-state index contributed by atoms with van der Waals surface area (Å²) in [4.78, 5) is 50.0. The van der Waals surface area contributed by atoms with Crippen LogP contribution in [0.2, 0.25) is 0 Å². The van der Waals surface area contributed by atoms with Crippen molar-refractivity contribution >= 4 is 36.3 Å². The summed E-state index contributed by atoms with van der Waals surface area (Å²) in [6, 6.07) is -4.00. The molecule has 3 amide bonds. The number of thiol groups is 1. The van der Waals surface area contributed by atoms with Crippen LogP contribution in [0.25, 0.3) is 0 Å². The molecule has 0 spiro atoms. The number of rotatable bonds is 10. The second kappa shape index (κ2) is 11.2. The first-order chi connectivity index (χ1) is 13.1. The minimum absolute atomic E-state index is 0.0992. The highest BCUT2D eigenvalue weighted by Gasteiger charge is 2.39. The van der Waals surface area contributed by atoms with Crippen molar-refractivity contribution < 1.29 is 29.4 Å². The van der Waals surface area contributed by atoms with Crippen LogP contribution in [0.4, 0.5) is 0 Å². The molecule has 0 radical (unpaired) electrons. The van der Waals surface area contributed by atoms with E-state index in [1.54, 1.807) is 0 Å². The predicted octanol–water partition coefficient (Wildman–Crippen LogP) is -1.67. The smallest absolute Gasteiger partial charge is 0.328 e. The van der Waals surface area contributed by atoms with Crippen LogP contribution < -0.4 is 16.4 Å². The number of carboxylic acid groups (broad SMARTS) is 1. The highest BCUT2D eigenvalue weighted by atomic mass is 32.1. The number of carbonyl (C=O) groups is 4. The Hall–Kier alpha value is -1.85. The second-order valence-corrected chi connectivity index (χ2v) is 7.62. The maximum Gasteiger partial charge on any atom is 0.328 e. The van der Waals surface area contributed by atoms with Crippen LogP contribution in [0.5, 0.6) is 0 Å². The zero-order valence-electron chi connectivity index (χ0n) is 16.1. The summed E-state index contributed by atoms with van der Waals surface area (Å²) in [6.45, 7) is 3.36. The molecule has 10 nitrogen and oxygen atoms in total. The molecular formula is C17H30N4O6S. The average Bonchev–Trinajstić information content (AvgIpc) is 3.13. The van der Waals surface area contributed by atoms with Gasteiger partial charge in [-0.3, -0.25) is 14.4 Å². The number of likely N-dealkylation sites (tertiary alicyclic amines) is 1. The first kappa shape index (κ1) is 24.2. The van der Waals surface area contributed by atoms with Crippen LogP contribution in [-0.2, 0) is 19.2 Å². The van der Waals surface area contributed by atoms with E-state index in [1.165, 1.54) is 4.90 Å². The van der Waals surface area contributed by atoms with Gasteiger partial charge >= 0.3 is 5.97 Å². The molecule has 0 aromatic carbocycles. The summed E-state index contributed by atoms with van der Waals surface area (Å²) in [6.07, 6.45) is 1.30. The molecule has 0 aromatic rings. The third-order valence-corrected chi connectivity index (χ3v) is 4.88. The molecule has 1 aliphatic rings. The molecular weight excluding hydrogens is 388 g/mol. The summed E-state index contributed by atoms with van der Waals surface area (Å²) in [5.74, 6) is -2.70. The zero-order chi connectivity index (χ0) is 21.4. The van der Waals surface area contributed by atoms with E-state index in [-0.39, 0.29) is 11.7 Å². The molecule has 4 atom stereocenters. The lowest BCUT2D eigenvalue weighted by Crippen LogP contribution is -2.57. The Morgan fingerprint density at radius 3 is 2.36 bits per heavy atom. The van der Waals surface area contributed by atoms with Crippen molar-refractivity contribution in [1.82, 2.24) is 15.5 Å².